The molecule has 0 saturated carbocycles. The molecule has 1 aliphatic rings. The van der Waals surface area contributed by atoms with Crippen molar-refractivity contribution in [2.75, 3.05) is 13.2 Å². The van der Waals surface area contributed by atoms with Gasteiger partial charge in [0.05, 0.1) is 12.3 Å². The van der Waals surface area contributed by atoms with Gasteiger partial charge in [-0.3, -0.25) is 4.79 Å². The van der Waals surface area contributed by atoms with Crippen LogP contribution in [0.15, 0.2) is 42.9 Å². The third kappa shape index (κ3) is 4.90. The van der Waals surface area contributed by atoms with Crippen molar-refractivity contribution in [2.24, 2.45) is 0 Å². The molecule has 1 saturated heterocycles. The highest BCUT2D eigenvalue weighted by atomic mass is 19.1. The topological polar surface area (TPSA) is 94.6 Å². The first kappa shape index (κ1) is 25.6. The largest absolute Gasteiger partial charge is 0.461 e. The minimum atomic E-state index is -0.532. The second kappa shape index (κ2) is 10.7. The molecule has 0 aliphatic carbocycles. The van der Waals surface area contributed by atoms with Crippen molar-refractivity contribution in [1.82, 2.24) is 29.0 Å². The highest BCUT2D eigenvalue weighted by molar-refractivity contribution is 5.93. The van der Waals surface area contributed by atoms with Crippen LogP contribution in [0.4, 0.5) is 4.39 Å². The summed E-state index contributed by atoms with van der Waals surface area (Å²) < 4.78 is 23.5. The molecule has 1 fully saturated rings. The Bertz CT molecular complexity index is 1490. The molecule has 0 radical (unpaired) electrons. The molecule has 4 heterocycles. The first-order valence-electron chi connectivity index (χ1n) is 13.1. The van der Waals surface area contributed by atoms with Gasteiger partial charge in [0.15, 0.2) is 11.3 Å². The lowest BCUT2D eigenvalue weighted by molar-refractivity contribution is 0.0519. The number of benzene rings is 1. The van der Waals surface area contributed by atoms with Gasteiger partial charge in [0, 0.05) is 41.8 Å². The molecule has 38 heavy (non-hydrogen) atoms. The Morgan fingerprint density at radius 1 is 1.11 bits per heavy atom. The number of halogens is 1. The molecular weight excluding hydrogens is 487 g/mol. The number of ether oxygens (including phenoxy) is 1. The van der Waals surface area contributed by atoms with Crippen LogP contribution in [0.3, 0.4) is 0 Å². The SMILES string of the molecule is CCOC(=O)c1cn(-c2ccc(-c3cc4nc(C(=O)N5CCCCC[C@H]5C)cc(CC)n4n3)c(F)c2)cn1. The van der Waals surface area contributed by atoms with Crippen LogP contribution in [-0.2, 0) is 11.2 Å². The number of fused-ring (bicyclic) bond motifs is 1. The number of likely N-dealkylation sites (tertiary alicyclic amines) is 1. The maximum Gasteiger partial charge on any atom is 0.358 e. The van der Waals surface area contributed by atoms with E-state index in [-0.39, 0.29) is 24.2 Å². The number of rotatable bonds is 6. The van der Waals surface area contributed by atoms with Crippen molar-refractivity contribution in [3.05, 3.63) is 65.8 Å². The van der Waals surface area contributed by atoms with Crippen molar-refractivity contribution < 1.29 is 18.7 Å². The van der Waals surface area contributed by atoms with Gasteiger partial charge in [-0.15, -0.1) is 0 Å². The average Bonchev–Trinajstić information content (AvgIpc) is 3.52. The number of imidazole rings is 1. The second-order valence-electron chi connectivity index (χ2n) is 9.53. The standard InChI is InChI=1S/C28H31FN6O3/c1-4-19-14-24(27(36)34-12-8-6-7-9-18(34)3)31-26-15-23(32-35(19)26)21-11-10-20(13-22(21)29)33-16-25(30-17-33)28(37)38-5-2/h10-11,13-18H,4-9,12H2,1-3H3/t18-/m1/s1. The van der Waals surface area contributed by atoms with Gasteiger partial charge in [-0.05, 0) is 57.4 Å². The Kier molecular flexibility index (Phi) is 7.22. The predicted molar refractivity (Wildman–Crippen MR) is 140 cm³/mol. The van der Waals surface area contributed by atoms with Crippen LogP contribution in [0.1, 0.15) is 73.1 Å². The fourth-order valence-corrected chi connectivity index (χ4v) is 4.90. The Morgan fingerprint density at radius 2 is 1.95 bits per heavy atom. The van der Waals surface area contributed by atoms with E-state index in [0.717, 1.165) is 37.9 Å². The van der Waals surface area contributed by atoms with E-state index in [9.17, 15) is 9.59 Å². The van der Waals surface area contributed by atoms with Crippen LogP contribution in [0.5, 0.6) is 0 Å². The molecule has 0 bridgehead atoms. The number of carbonyl (C=O) groups excluding carboxylic acids is 2. The van der Waals surface area contributed by atoms with E-state index >= 15 is 4.39 Å². The van der Waals surface area contributed by atoms with Gasteiger partial charge in [0.2, 0.25) is 0 Å². The molecule has 3 aromatic heterocycles. The van der Waals surface area contributed by atoms with E-state index < -0.39 is 11.8 Å². The van der Waals surface area contributed by atoms with E-state index in [4.69, 9.17) is 4.74 Å². The van der Waals surface area contributed by atoms with Gasteiger partial charge in [-0.25, -0.2) is 23.7 Å². The first-order chi connectivity index (χ1) is 18.4. The summed E-state index contributed by atoms with van der Waals surface area (Å²) in [6.07, 6.45) is 7.82. The zero-order valence-corrected chi connectivity index (χ0v) is 21.9. The van der Waals surface area contributed by atoms with E-state index in [1.54, 1.807) is 40.3 Å². The molecule has 1 aliphatic heterocycles. The van der Waals surface area contributed by atoms with Crippen LogP contribution in [0.25, 0.3) is 22.6 Å². The summed E-state index contributed by atoms with van der Waals surface area (Å²) in [6, 6.07) is 8.39. The van der Waals surface area contributed by atoms with Crippen LogP contribution < -0.4 is 0 Å². The monoisotopic (exact) mass is 518 g/mol. The van der Waals surface area contributed by atoms with E-state index in [1.165, 1.54) is 18.6 Å². The number of carbonyl (C=O) groups is 2. The normalized spacial score (nSPS) is 16.0. The van der Waals surface area contributed by atoms with Crippen molar-refractivity contribution in [3.8, 4) is 16.9 Å². The third-order valence-electron chi connectivity index (χ3n) is 6.99. The van der Waals surface area contributed by atoms with Crippen LogP contribution in [0.2, 0.25) is 0 Å². The average molecular weight is 519 g/mol. The molecule has 10 heteroatoms. The zero-order valence-electron chi connectivity index (χ0n) is 21.9. The Morgan fingerprint density at radius 3 is 2.71 bits per heavy atom. The maximum absolute atomic E-state index is 15.3. The van der Waals surface area contributed by atoms with Crippen molar-refractivity contribution >= 4 is 17.5 Å². The smallest absolute Gasteiger partial charge is 0.358 e. The molecule has 0 unspecified atom stereocenters. The molecule has 5 rings (SSSR count). The molecule has 4 aromatic rings. The summed E-state index contributed by atoms with van der Waals surface area (Å²) in [6.45, 7) is 6.78. The van der Waals surface area contributed by atoms with E-state index in [2.05, 4.69) is 22.0 Å². The molecule has 1 aromatic carbocycles. The Balaban J connectivity index is 1.46. The van der Waals surface area contributed by atoms with Gasteiger partial charge in [-0.2, -0.15) is 5.10 Å². The number of hydrogen-bond acceptors (Lipinski definition) is 6. The lowest BCUT2D eigenvalue weighted by Gasteiger charge is -2.27. The number of aryl methyl sites for hydroxylation is 1. The lowest BCUT2D eigenvalue weighted by Crippen LogP contribution is -2.38. The van der Waals surface area contributed by atoms with Gasteiger partial charge in [-0.1, -0.05) is 19.8 Å². The number of nitrogens with zero attached hydrogens (tertiary/aromatic N) is 6. The third-order valence-corrected chi connectivity index (χ3v) is 6.99. The molecule has 0 spiro atoms. The maximum atomic E-state index is 15.3. The Hall–Kier alpha value is -4.08. The number of aromatic nitrogens is 5. The fraction of sp³-hybridized carbons (Fsp3) is 0.393. The van der Waals surface area contributed by atoms with Crippen molar-refractivity contribution in [1.29, 1.82) is 0 Å². The van der Waals surface area contributed by atoms with E-state index in [1.807, 2.05) is 11.8 Å². The fourth-order valence-electron chi connectivity index (χ4n) is 4.90. The molecular formula is C28H31FN6O3. The Labute approximate surface area is 220 Å². The number of amides is 1. The first-order valence-corrected chi connectivity index (χ1v) is 13.1. The summed E-state index contributed by atoms with van der Waals surface area (Å²) >= 11 is 0. The number of esters is 1. The van der Waals surface area contributed by atoms with E-state index in [0.29, 0.717) is 34.7 Å². The minimum Gasteiger partial charge on any atom is -0.461 e. The summed E-state index contributed by atoms with van der Waals surface area (Å²) in [5, 5.41) is 4.62. The summed E-state index contributed by atoms with van der Waals surface area (Å²) in [7, 11) is 0. The molecule has 1 amide bonds. The van der Waals surface area contributed by atoms with Gasteiger partial charge in [0.25, 0.3) is 5.91 Å². The molecule has 9 nitrogen and oxygen atoms in total. The zero-order chi connectivity index (χ0) is 26.8. The van der Waals surface area contributed by atoms with Crippen LogP contribution >= 0.6 is 0 Å². The molecule has 198 valence electrons. The van der Waals surface area contributed by atoms with Crippen LogP contribution in [0, 0.1) is 5.82 Å². The van der Waals surface area contributed by atoms with Crippen molar-refractivity contribution in [2.45, 2.75) is 58.9 Å². The van der Waals surface area contributed by atoms with Gasteiger partial charge in [0.1, 0.15) is 17.8 Å². The molecule has 1 atom stereocenters. The highest BCUT2D eigenvalue weighted by Gasteiger charge is 2.25. The van der Waals surface area contributed by atoms with Gasteiger partial charge < -0.3 is 14.2 Å². The lowest BCUT2D eigenvalue weighted by atomic mass is 10.1. The second-order valence-corrected chi connectivity index (χ2v) is 9.53. The summed E-state index contributed by atoms with van der Waals surface area (Å²) in [4.78, 5) is 35.9. The predicted octanol–water partition coefficient (Wildman–Crippen LogP) is 4.86. The summed E-state index contributed by atoms with van der Waals surface area (Å²) in [5.41, 5.74) is 3.10. The van der Waals surface area contributed by atoms with Crippen LogP contribution in [-0.4, -0.2) is 60.1 Å². The number of hydrogen-bond donors (Lipinski definition) is 0. The highest BCUT2D eigenvalue weighted by Crippen LogP contribution is 2.26. The molecule has 0 N–H and O–H groups in total. The van der Waals surface area contributed by atoms with Gasteiger partial charge >= 0.3 is 5.97 Å². The minimum absolute atomic E-state index is 0.0718. The van der Waals surface area contributed by atoms with Crippen molar-refractivity contribution in [3.63, 3.8) is 0 Å². The summed E-state index contributed by atoms with van der Waals surface area (Å²) in [5.74, 6) is -1.09. The quantitative estimate of drug-likeness (QED) is 0.338.